The van der Waals surface area contributed by atoms with Gasteiger partial charge in [-0.2, -0.15) is 5.10 Å². The molecule has 0 bridgehead atoms. The SMILES string of the molecule is Cc1cccc(CC(=O)N2CCN(c3ccc(C)nn3)CC2)c1. The molecule has 1 fully saturated rings. The summed E-state index contributed by atoms with van der Waals surface area (Å²) >= 11 is 0. The Bertz CT molecular complexity index is 676. The molecule has 1 amide bonds. The van der Waals surface area contributed by atoms with Crippen LogP contribution in [-0.2, 0) is 11.2 Å². The lowest BCUT2D eigenvalue weighted by Gasteiger charge is -2.35. The molecule has 0 N–H and O–H groups in total. The van der Waals surface area contributed by atoms with Crippen molar-refractivity contribution < 1.29 is 4.79 Å². The van der Waals surface area contributed by atoms with Gasteiger partial charge in [0, 0.05) is 26.2 Å². The molecule has 1 aliphatic heterocycles. The Kier molecular flexibility index (Phi) is 4.55. The fourth-order valence-corrected chi connectivity index (χ4v) is 2.85. The highest BCUT2D eigenvalue weighted by atomic mass is 16.2. The molecule has 0 unspecified atom stereocenters. The number of rotatable bonds is 3. The number of amides is 1. The number of piperazine rings is 1. The molecule has 3 rings (SSSR count). The van der Waals surface area contributed by atoms with Crippen molar-refractivity contribution in [2.24, 2.45) is 0 Å². The van der Waals surface area contributed by atoms with E-state index in [0.717, 1.165) is 43.3 Å². The molecule has 0 aliphatic carbocycles. The van der Waals surface area contributed by atoms with Gasteiger partial charge >= 0.3 is 0 Å². The van der Waals surface area contributed by atoms with E-state index in [9.17, 15) is 4.79 Å². The third-order valence-electron chi connectivity index (χ3n) is 4.18. The van der Waals surface area contributed by atoms with Gasteiger partial charge in [0.05, 0.1) is 12.1 Å². The quantitative estimate of drug-likeness (QED) is 0.870. The summed E-state index contributed by atoms with van der Waals surface area (Å²) in [6.07, 6.45) is 0.478. The second kappa shape index (κ2) is 6.77. The van der Waals surface area contributed by atoms with Crippen LogP contribution < -0.4 is 4.90 Å². The average Bonchev–Trinajstić information content (AvgIpc) is 2.56. The predicted octanol–water partition coefficient (Wildman–Crippen LogP) is 1.98. The Morgan fingerprint density at radius 1 is 1.04 bits per heavy atom. The van der Waals surface area contributed by atoms with Crippen LogP contribution >= 0.6 is 0 Å². The maximum Gasteiger partial charge on any atom is 0.227 e. The first-order valence-electron chi connectivity index (χ1n) is 8.00. The molecular formula is C18H22N4O. The number of hydrogen-bond acceptors (Lipinski definition) is 4. The first kappa shape index (κ1) is 15.5. The van der Waals surface area contributed by atoms with Crippen LogP contribution in [0.15, 0.2) is 36.4 Å². The molecule has 5 heteroatoms. The fourth-order valence-electron chi connectivity index (χ4n) is 2.85. The zero-order chi connectivity index (χ0) is 16.2. The Labute approximate surface area is 136 Å². The van der Waals surface area contributed by atoms with Crippen molar-refractivity contribution in [3.05, 3.63) is 53.2 Å². The number of aromatic nitrogens is 2. The van der Waals surface area contributed by atoms with E-state index in [1.807, 2.05) is 36.1 Å². The van der Waals surface area contributed by atoms with Gasteiger partial charge in [-0.15, -0.1) is 5.10 Å². The molecule has 2 aromatic rings. The van der Waals surface area contributed by atoms with Crippen molar-refractivity contribution in [2.75, 3.05) is 31.1 Å². The highest BCUT2D eigenvalue weighted by Crippen LogP contribution is 2.14. The lowest BCUT2D eigenvalue weighted by Crippen LogP contribution is -2.49. The summed E-state index contributed by atoms with van der Waals surface area (Å²) in [5.74, 6) is 1.09. The van der Waals surface area contributed by atoms with Crippen molar-refractivity contribution >= 4 is 11.7 Å². The molecule has 0 saturated carbocycles. The molecule has 0 spiro atoms. The number of carbonyl (C=O) groups is 1. The summed E-state index contributed by atoms with van der Waals surface area (Å²) in [5, 5.41) is 8.32. The number of anilines is 1. The topological polar surface area (TPSA) is 49.3 Å². The van der Waals surface area contributed by atoms with Crippen molar-refractivity contribution in [1.82, 2.24) is 15.1 Å². The zero-order valence-corrected chi connectivity index (χ0v) is 13.7. The van der Waals surface area contributed by atoms with Crippen LogP contribution in [0.2, 0.25) is 0 Å². The molecule has 120 valence electrons. The maximum atomic E-state index is 12.4. The molecule has 1 saturated heterocycles. The molecule has 1 aromatic carbocycles. The summed E-state index contributed by atoms with van der Waals surface area (Å²) in [4.78, 5) is 16.6. The number of carbonyl (C=O) groups excluding carboxylic acids is 1. The minimum absolute atomic E-state index is 0.199. The van der Waals surface area contributed by atoms with Crippen LogP contribution in [0.25, 0.3) is 0 Å². The highest BCUT2D eigenvalue weighted by molar-refractivity contribution is 5.79. The lowest BCUT2D eigenvalue weighted by molar-refractivity contribution is -0.130. The zero-order valence-electron chi connectivity index (χ0n) is 13.7. The van der Waals surface area contributed by atoms with Crippen LogP contribution in [-0.4, -0.2) is 47.2 Å². The average molecular weight is 310 g/mol. The van der Waals surface area contributed by atoms with Crippen LogP contribution in [0.3, 0.4) is 0 Å². The fraction of sp³-hybridized carbons (Fsp3) is 0.389. The van der Waals surface area contributed by atoms with E-state index in [0.29, 0.717) is 6.42 Å². The molecule has 5 nitrogen and oxygen atoms in total. The Balaban J connectivity index is 1.56. The molecule has 23 heavy (non-hydrogen) atoms. The Morgan fingerprint density at radius 3 is 2.48 bits per heavy atom. The van der Waals surface area contributed by atoms with Crippen molar-refractivity contribution in [1.29, 1.82) is 0 Å². The Morgan fingerprint density at radius 2 is 1.83 bits per heavy atom. The first-order chi connectivity index (χ1) is 11.1. The van der Waals surface area contributed by atoms with Crippen LogP contribution in [0.1, 0.15) is 16.8 Å². The summed E-state index contributed by atoms with van der Waals surface area (Å²) in [6.45, 7) is 7.06. The summed E-state index contributed by atoms with van der Waals surface area (Å²) < 4.78 is 0. The summed E-state index contributed by atoms with van der Waals surface area (Å²) in [6, 6.07) is 12.1. The molecule has 0 radical (unpaired) electrons. The number of hydrogen-bond donors (Lipinski definition) is 0. The smallest absolute Gasteiger partial charge is 0.227 e. The van der Waals surface area contributed by atoms with Gasteiger partial charge in [-0.05, 0) is 31.5 Å². The molecule has 1 aliphatic rings. The van der Waals surface area contributed by atoms with E-state index in [1.54, 1.807) is 0 Å². The van der Waals surface area contributed by atoms with Crippen LogP contribution in [0.4, 0.5) is 5.82 Å². The normalized spacial score (nSPS) is 14.9. The van der Waals surface area contributed by atoms with E-state index < -0.39 is 0 Å². The second-order valence-electron chi connectivity index (χ2n) is 6.07. The molecule has 0 atom stereocenters. The van der Waals surface area contributed by atoms with E-state index in [1.165, 1.54) is 5.56 Å². The van der Waals surface area contributed by atoms with E-state index in [2.05, 4.69) is 34.2 Å². The monoisotopic (exact) mass is 310 g/mol. The van der Waals surface area contributed by atoms with Crippen molar-refractivity contribution in [3.63, 3.8) is 0 Å². The summed E-state index contributed by atoms with van der Waals surface area (Å²) in [7, 11) is 0. The maximum absolute atomic E-state index is 12.4. The minimum atomic E-state index is 0.199. The van der Waals surface area contributed by atoms with Crippen molar-refractivity contribution in [2.45, 2.75) is 20.3 Å². The third-order valence-corrected chi connectivity index (χ3v) is 4.18. The number of benzene rings is 1. The van der Waals surface area contributed by atoms with Gasteiger partial charge in [-0.25, -0.2) is 0 Å². The third kappa shape index (κ3) is 3.86. The summed E-state index contributed by atoms with van der Waals surface area (Å²) in [5.41, 5.74) is 3.20. The van der Waals surface area contributed by atoms with Gasteiger partial charge in [0.2, 0.25) is 5.91 Å². The molecule has 1 aromatic heterocycles. The minimum Gasteiger partial charge on any atom is -0.352 e. The second-order valence-corrected chi connectivity index (χ2v) is 6.07. The van der Waals surface area contributed by atoms with Gasteiger partial charge in [-0.3, -0.25) is 4.79 Å². The Hall–Kier alpha value is -2.43. The van der Waals surface area contributed by atoms with E-state index in [-0.39, 0.29) is 5.91 Å². The number of aryl methyl sites for hydroxylation is 2. The van der Waals surface area contributed by atoms with Gasteiger partial charge in [-0.1, -0.05) is 29.8 Å². The van der Waals surface area contributed by atoms with Crippen LogP contribution in [0, 0.1) is 13.8 Å². The highest BCUT2D eigenvalue weighted by Gasteiger charge is 2.22. The van der Waals surface area contributed by atoms with Gasteiger partial charge in [0.15, 0.2) is 5.82 Å². The van der Waals surface area contributed by atoms with E-state index in [4.69, 9.17) is 0 Å². The van der Waals surface area contributed by atoms with Gasteiger partial charge < -0.3 is 9.80 Å². The van der Waals surface area contributed by atoms with Gasteiger partial charge in [0.1, 0.15) is 0 Å². The van der Waals surface area contributed by atoms with Gasteiger partial charge in [0.25, 0.3) is 0 Å². The molecule has 2 heterocycles. The predicted molar refractivity (Wildman–Crippen MR) is 90.4 cm³/mol. The van der Waals surface area contributed by atoms with E-state index >= 15 is 0 Å². The first-order valence-corrected chi connectivity index (χ1v) is 8.00. The largest absolute Gasteiger partial charge is 0.352 e. The molecular weight excluding hydrogens is 288 g/mol. The standard InChI is InChI=1S/C18H22N4O/c1-14-4-3-5-16(12-14)13-18(23)22-10-8-21(9-11-22)17-7-6-15(2)19-20-17/h3-7,12H,8-11,13H2,1-2H3. The number of nitrogens with zero attached hydrogens (tertiary/aromatic N) is 4. The lowest BCUT2D eigenvalue weighted by atomic mass is 10.1. The van der Waals surface area contributed by atoms with Crippen LogP contribution in [0.5, 0.6) is 0 Å². The van der Waals surface area contributed by atoms with Crippen molar-refractivity contribution in [3.8, 4) is 0 Å².